The number of sulfone groups is 1. The molecular weight excluding hydrogens is 1910 g/mol. The maximum absolute atomic E-state index is 15.1. The normalized spacial score (nSPS) is 11.3. The molecule has 714 valence electrons. The van der Waals surface area contributed by atoms with E-state index in [0.717, 1.165) is 97.5 Å². The number of nitriles is 1. The first-order valence-corrected chi connectivity index (χ1v) is 44.8. The molecule has 0 saturated carbocycles. The molecule has 0 unspecified atom stereocenters. The summed E-state index contributed by atoms with van der Waals surface area (Å²) in [6, 6.07) is 54.7. The van der Waals surface area contributed by atoms with Crippen molar-refractivity contribution in [2.45, 2.75) is 83.9 Å². The van der Waals surface area contributed by atoms with E-state index >= 15 is 35.1 Å². The number of halogens is 16. The maximum atomic E-state index is 15.1. The van der Waals surface area contributed by atoms with Crippen LogP contribution in [0.1, 0.15) is 61.2 Å². The summed E-state index contributed by atoms with van der Waals surface area (Å²) in [5, 5.41) is 10.1. The summed E-state index contributed by atoms with van der Waals surface area (Å²) in [4.78, 5) is -1.11. The zero-order chi connectivity index (χ0) is 101. The lowest BCUT2D eigenvalue weighted by Gasteiger charge is -2.17. The van der Waals surface area contributed by atoms with Crippen LogP contribution in [-0.2, 0) is 30.6 Å². The zero-order valence-electron chi connectivity index (χ0n) is 74.4. The molecule has 139 heavy (non-hydrogen) atoms. The Balaban J connectivity index is 0.000000236. The van der Waals surface area contributed by atoms with Gasteiger partial charge < -0.3 is 37.9 Å². The van der Waals surface area contributed by atoms with Crippen molar-refractivity contribution in [3.8, 4) is 153 Å². The number of hydrogen-bond acceptors (Lipinski definition) is 16. The Kier molecular flexibility index (Phi) is 29.7. The molecule has 0 fully saturated rings. The van der Waals surface area contributed by atoms with E-state index in [-0.39, 0.29) is 55.6 Å². The molecule has 0 aliphatic rings. The molecule has 0 heterocycles. The molecule has 36 heteroatoms. The second-order valence-corrected chi connectivity index (χ2v) is 35.1. The third-order valence-corrected chi connectivity index (χ3v) is 24.6. The summed E-state index contributed by atoms with van der Waals surface area (Å²) in [5.74, 6) is -36.4. The summed E-state index contributed by atoms with van der Waals surface area (Å²) in [6.07, 6.45) is 0. The first-order chi connectivity index (χ1) is 65.7. The minimum Gasteiger partial charge on any atom is -0.496 e. The van der Waals surface area contributed by atoms with Crippen molar-refractivity contribution in [3.63, 3.8) is 0 Å². The lowest BCUT2D eigenvalue weighted by Crippen LogP contribution is -2.09. The fourth-order valence-electron chi connectivity index (χ4n) is 15.3. The van der Waals surface area contributed by atoms with Crippen molar-refractivity contribution in [1.82, 2.24) is 0 Å². The Hall–Kier alpha value is -15.5. The van der Waals surface area contributed by atoms with Crippen molar-refractivity contribution in [3.05, 3.63) is 361 Å². The second-order valence-electron chi connectivity index (χ2n) is 31.3. The predicted octanol–water partition coefficient (Wildman–Crippen LogP) is 28.4. The second kappa shape index (κ2) is 40.8. The standard InChI is InChI=1S/C57H25F16NO4.C46H46O9S2.O3S/c1-23-40(58)44(62)36(45(63)41(23)59)38-48(66)52(70)56(53(71)49(38)67)77-31-18-10-27(11-19-31)25-6-14-29(15-7-25)75-34-4-3-5-35(33(34)22-74)76-30-16-8-26(9-17-30)28-12-20-32(21-13-28)78-57-54(72)50(68)39(51(69)55(57)73)37-46(64)42(60)24(2)43(61)47(37)65;1-26-17-34(18-27(2)43(26)52-9)36-21-30(5)45(31(6)22-36)54-38-11-13-39(14-12-38)56(47,48)40-15-16-41(42(25-40)57(49,50)51)55-46-32(7)23-37(24-33(46)8)35-19-28(3)44(53-10)29(4)20-35;1-4(2)3/h3-21H,1-2H3;11-25H,1-10H3,(H,49,50,51);. The number of benzene rings is 15. The van der Waals surface area contributed by atoms with Crippen LogP contribution < -0.4 is 37.9 Å². The van der Waals surface area contributed by atoms with Crippen LogP contribution in [0.4, 0.5) is 70.2 Å². The van der Waals surface area contributed by atoms with Crippen molar-refractivity contribution in [1.29, 1.82) is 5.26 Å². The quantitative estimate of drug-likeness (QED) is 0.0356. The summed E-state index contributed by atoms with van der Waals surface area (Å²) in [6.45, 7) is 16.8. The molecule has 0 saturated heterocycles. The van der Waals surface area contributed by atoms with Gasteiger partial charge in [-0.15, -0.1) is 12.6 Å². The molecular formula is C103H71F16NO16S3. The SMILES string of the molecule is COc1c(C)cc(-c2cc(C)c(Oc3ccc(S(=O)(=O)c4ccc(Oc5c(C)cc(-c6cc(C)c(OC)c(C)c6)cc5C)c(S(=O)(=O)O)c4)cc3)c(C)c2)cc1C.Cc1c(F)c(F)c(-c2c(F)c(F)c(Oc3ccc(-c4ccc(Oc5cccc(Oc6ccc(-c7ccc(Oc8c(F)c(F)c(-c9c(F)c(F)c(C)c(F)c9F)c(F)c8F)cc7)cc6)c5C#N)cc4)cc3)c(F)c2F)c(F)c1F.O=S(=O)=O. The molecule has 0 aliphatic carbocycles. The van der Waals surface area contributed by atoms with Gasteiger partial charge in [-0.3, -0.25) is 4.55 Å². The van der Waals surface area contributed by atoms with Gasteiger partial charge in [0.1, 0.15) is 85.5 Å². The van der Waals surface area contributed by atoms with Gasteiger partial charge in [0.05, 0.1) is 46.3 Å². The average molecular weight is 1980 g/mol. The number of nitrogens with zero attached hydrogens (tertiary/aromatic N) is 1. The van der Waals surface area contributed by atoms with Crippen LogP contribution in [0.3, 0.4) is 0 Å². The molecule has 15 rings (SSSR count). The number of hydrogen-bond donors (Lipinski definition) is 1. The Bertz CT molecular complexity index is 7430. The van der Waals surface area contributed by atoms with Crippen molar-refractivity contribution in [2.75, 3.05) is 14.2 Å². The summed E-state index contributed by atoms with van der Waals surface area (Å²) in [7, 11) is -8.96. The molecule has 0 spiro atoms. The van der Waals surface area contributed by atoms with Gasteiger partial charge in [0.15, 0.2) is 69.8 Å². The topological polar surface area (TPSA) is 237 Å². The van der Waals surface area contributed by atoms with E-state index in [9.17, 15) is 61.8 Å². The summed E-state index contributed by atoms with van der Waals surface area (Å²) >= 11 is 0. The van der Waals surface area contributed by atoms with Crippen LogP contribution in [0.5, 0.6) is 80.5 Å². The van der Waals surface area contributed by atoms with Crippen molar-refractivity contribution in [2.24, 2.45) is 0 Å². The number of aryl methyl sites for hydroxylation is 8. The van der Waals surface area contributed by atoms with E-state index in [4.69, 9.17) is 50.5 Å². The van der Waals surface area contributed by atoms with Gasteiger partial charge in [-0.25, -0.2) is 61.1 Å². The first kappa shape index (κ1) is 101. The highest BCUT2D eigenvalue weighted by Crippen LogP contribution is 2.48. The number of ether oxygens (including phenoxy) is 8. The molecule has 0 aliphatic heterocycles. The molecule has 1 N–H and O–H groups in total. The van der Waals surface area contributed by atoms with Crippen LogP contribution in [0.25, 0.3) is 66.8 Å². The molecule has 17 nitrogen and oxygen atoms in total. The molecule has 0 bridgehead atoms. The molecule has 15 aromatic carbocycles. The van der Waals surface area contributed by atoms with Gasteiger partial charge in [0, 0.05) is 11.1 Å². The highest BCUT2D eigenvalue weighted by atomic mass is 32.2. The van der Waals surface area contributed by atoms with Gasteiger partial charge in [-0.1, -0.05) is 54.6 Å². The number of methoxy groups -OCH3 is 2. The minimum atomic E-state index is -4.92. The monoisotopic (exact) mass is 1980 g/mol. The summed E-state index contributed by atoms with van der Waals surface area (Å²) in [5.41, 5.74) is 2.85. The molecule has 0 aromatic heterocycles. The summed E-state index contributed by atoms with van der Waals surface area (Å²) < 4.78 is 370. The fraction of sp³-hybridized carbons (Fsp3) is 0.117. The van der Waals surface area contributed by atoms with E-state index in [0.29, 0.717) is 64.5 Å². The predicted molar refractivity (Wildman–Crippen MR) is 481 cm³/mol. The highest BCUT2D eigenvalue weighted by Gasteiger charge is 2.38. The molecule has 0 atom stereocenters. The average Bonchev–Trinajstić information content (AvgIpc) is 0.749. The largest absolute Gasteiger partial charge is 0.496 e. The van der Waals surface area contributed by atoms with Crippen molar-refractivity contribution >= 4 is 30.6 Å². The Morgan fingerprint density at radius 2 is 0.511 bits per heavy atom. The van der Waals surface area contributed by atoms with Crippen LogP contribution in [0.15, 0.2) is 221 Å². The van der Waals surface area contributed by atoms with Crippen LogP contribution in [-0.4, -0.2) is 48.2 Å². The third-order valence-electron chi connectivity index (χ3n) is 22.0. The molecule has 0 amide bonds. The lowest BCUT2D eigenvalue weighted by molar-refractivity contribution is 0.366. The lowest BCUT2D eigenvalue weighted by atomic mass is 9.96. The minimum absolute atomic E-state index is 0.0177. The Morgan fingerprint density at radius 1 is 0.273 bits per heavy atom. The van der Waals surface area contributed by atoms with Gasteiger partial charge in [-0.2, -0.15) is 31.2 Å². The van der Waals surface area contributed by atoms with E-state index < -0.39 is 173 Å². The van der Waals surface area contributed by atoms with Crippen LogP contribution in [0, 0.1) is 174 Å². The zero-order valence-corrected chi connectivity index (χ0v) is 76.9. The Morgan fingerprint density at radius 3 is 0.777 bits per heavy atom. The third kappa shape index (κ3) is 20.7. The van der Waals surface area contributed by atoms with Gasteiger partial charge in [0.2, 0.25) is 44.6 Å². The van der Waals surface area contributed by atoms with E-state index in [1.807, 2.05) is 97.9 Å². The van der Waals surface area contributed by atoms with Gasteiger partial charge in [0.25, 0.3) is 10.1 Å². The Labute approximate surface area is 785 Å². The molecule has 15 aromatic rings. The van der Waals surface area contributed by atoms with Gasteiger partial charge in [-0.05, 0) is 310 Å². The highest BCUT2D eigenvalue weighted by molar-refractivity contribution is 7.91. The maximum Gasteiger partial charge on any atom is 0.425 e. The van der Waals surface area contributed by atoms with Crippen LogP contribution >= 0.6 is 0 Å². The van der Waals surface area contributed by atoms with Gasteiger partial charge >= 0.3 is 10.6 Å². The smallest absolute Gasteiger partial charge is 0.425 e. The first-order valence-electron chi connectivity index (χ1n) is 40.8. The van der Waals surface area contributed by atoms with E-state index in [1.165, 1.54) is 84.9 Å². The fourth-order valence-corrected chi connectivity index (χ4v) is 17.3. The molecule has 0 radical (unpaired) electrons. The van der Waals surface area contributed by atoms with Crippen molar-refractivity contribution < 1.29 is 142 Å². The van der Waals surface area contributed by atoms with E-state index in [1.54, 1.807) is 56.7 Å². The van der Waals surface area contributed by atoms with E-state index in [2.05, 4.69) is 12.1 Å². The number of rotatable bonds is 23. The van der Waals surface area contributed by atoms with Crippen LogP contribution in [0.2, 0.25) is 0 Å².